The largest absolute Gasteiger partial charge is 0.339 e. The SMILES string of the molecule is C=C(C)C(=O)N(C)C(C)CCC1C2CCC(C2)C1C. The van der Waals surface area contributed by atoms with Crippen molar-refractivity contribution in [1.29, 1.82) is 0 Å². The van der Waals surface area contributed by atoms with Crippen LogP contribution in [-0.4, -0.2) is 23.9 Å². The molecule has 2 fully saturated rings. The Morgan fingerprint density at radius 3 is 2.53 bits per heavy atom. The summed E-state index contributed by atoms with van der Waals surface area (Å²) in [5, 5.41) is 0. The molecule has 0 aromatic carbocycles. The van der Waals surface area contributed by atoms with Crippen molar-refractivity contribution in [3.05, 3.63) is 12.2 Å². The van der Waals surface area contributed by atoms with Crippen LogP contribution in [0.4, 0.5) is 0 Å². The molecule has 5 atom stereocenters. The monoisotopic (exact) mass is 263 g/mol. The Morgan fingerprint density at radius 1 is 1.37 bits per heavy atom. The van der Waals surface area contributed by atoms with Crippen LogP contribution >= 0.6 is 0 Å². The molecule has 0 radical (unpaired) electrons. The van der Waals surface area contributed by atoms with Gasteiger partial charge in [0.1, 0.15) is 0 Å². The predicted octanol–water partition coefficient (Wildman–Crippen LogP) is 3.87. The maximum Gasteiger partial charge on any atom is 0.248 e. The van der Waals surface area contributed by atoms with E-state index < -0.39 is 0 Å². The molecule has 2 saturated carbocycles. The number of carbonyl (C=O) groups excluding carboxylic acids is 1. The molecular weight excluding hydrogens is 234 g/mol. The van der Waals surface area contributed by atoms with Crippen molar-refractivity contribution in [2.24, 2.45) is 23.7 Å². The topological polar surface area (TPSA) is 20.3 Å². The lowest BCUT2D eigenvalue weighted by Gasteiger charge is -2.31. The van der Waals surface area contributed by atoms with E-state index in [9.17, 15) is 4.79 Å². The molecule has 0 spiro atoms. The third-order valence-corrected chi connectivity index (χ3v) is 5.80. The number of carbonyl (C=O) groups is 1. The third-order valence-electron chi connectivity index (χ3n) is 5.80. The van der Waals surface area contributed by atoms with Crippen molar-refractivity contribution in [3.63, 3.8) is 0 Å². The summed E-state index contributed by atoms with van der Waals surface area (Å²) in [6, 6.07) is 0.329. The first kappa shape index (κ1) is 14.6. The first-order valence-electron chi connectivity index (χ1n) is 7.84. The van der Waals surface area contributed by atoms with Crippen LogP contribution in [0, 0.1) is 23.7 Å². The molecule has 0 N–H and O–H groups in total. The van der Waals surface area contributed by atoms with E-state index in [1.54, 1.807) is 6.92 Å². The zero-order chi connectivity index (χ0) is 14.2. The van der Waals surface area contributed by atoms with Gasteiger partial charge in [-0.2, -0.15) is 0 Å². The average Bonchev–Trinajstić information content (AvgIpc) is 2.95. The molecule has 2 heteroatoms. The van der Waals surface area contributed by atoms with E-state index >= 15 is 0 Å². The maximum absolute atomic E-state index is 11.9. The Labute approximate surface area is 118 Å². The van der Waals surface area contributed by atoms with Crippen molar-refractivity contribution in [3.8, 4) is 0 Å². The van der Waals surface area contributed by atoms with Crippen LogP contribution in [-0.2, 0) is 4.79 Å². The third kappa shape index (κ3) is 2.88. The summed E-state index contributed by atoms with van der Waals surface area (Å²) in [6.45, 7) is 10.2. The molecule has 19 heavy (non-hydrogen) atoms. The molecule has 2 rings (SSSR count). The van der Waals surface area contributed by atoms with Gasteiger partial charge in [0, 0.05) is 18.7 Å². The Hall–Kier alpha value is -0.790. The molecular formula is C17H29NO. The number of hydrogen-bond donors (Lipinski definition) is 0. The fourth-order valence-corrected chi connectivity index (χ4v) is 4.33. The van der Waals surface area contributed by atoms with Crippen LogP contribution in [0.5, 0.6) is 0 Å². The lowest BCUT2D eigenvalue weighted by atomic mass is 9.77. The Bertz CT molecular complexity index is 360. The van der Waals surface area contributed by atoms with Crippen molar-refractivity contribution in [2.75, 3.05) is 7.05 Å². The molecule has 2 nitrogen and oxygen atoms in total. The van der Waals surface area contributed by atoms with Crippen molar-refractivity contribution >= 4 is 5.91 Å². The summed E-state index contributed by atoms with van der Waals surface area (Å²) < 4.78 is 0. The molecule has 0 aromatic rings. The molecule has 108 valence electrons. The standard InChI is InChI=1S/C17H29NO/c1-11(2)17(19)18(5)12(3)6-9-16-13(4)14-7-8-15(16)10-14/h12-16H,1,6-10H2,2-5H3. The quantitative estimate of drug-likeness (QED) is 0.689. The molecule has 0 heterocycles. The highest BCUT2D eigenvalue weighted by atomic mass is 16.2. The molecule has 2 aliphatic carbocycles. The zero-order valence-corrected chi connectivity index (χ0v) is 13.0. The lowest BCUT2D eigenvalue weighted by molar-refractivity contribution is -0.127. The number of likely N-dealkylation sites (N-methyl/N-ethyl adjacent to an activating group) is 1. The number of nitrogens with zero attached hydrogens (tertiary/aromatic N) is 1. The fourth-order valence-electron chi connectivity index (χ4n) is 4.33. The van der Waals surface area contributed by atoms with Gasteiger partial charge in [-0.1, -0.05) is 13.5 Å². The van der Waals surface area contributed by atoms with Gasteiger partial charge in [0.2, 0.25) is 5.91 Å². The molecule has 0 aliphatic heterocycles. The van der Waals surface area contributed by atoms with E-state index in [4.69, 9.17) is 0 Å². The number of rotatable bonds is 5. The van der Waals surface area contributed by atoms with E-state index in [1.165, 1.54) is 25.7 Å². The first-order valence-corrected chi connectivity index (χ1v) is 7.84. The number of fused-ring (bicyclic) bond motifs is 2. The Morgan fingerprint density at radius 2 is 2.00 bits per heavy atom. The molecule has 0 aromatic heterocycles. The van der Waals surface area contributed by atoms with E-state index in [0.29, 0.717) is 11.6 Å². The highest BCUT2D eigenvalue weighted by Gasteiger charge is 2.44. The Kier molecular flexibility index (Phi) is 4.37. The van der Waals surface area contributed by atoms with Gasteiger partial charge in [0.05, 0.1) is 0 Å². The summed E-state index contributed by atoms with van der Waals surface area (Å²) in [6.07, 6.45) is 6.81. The van der Waals surface area contributed by atoms with Crippen molar-refractivity contribution < 1.29 is 4.79 Å². The predicted molar refractivity (Wildman–Crippen MR) is 79.8 cm³/mol. The summed E-state index contributed by atoms with van der Waals surface area (Å²) in [5.74, 6) is 3.89. The summed E-state index contributed by atoms with van der Waals surface area (Å²) in [7, 11) is 1.91. The van der Waals surface area contributed by atoms with Gasteiger partial charge in [-0.3, -0.25) is 4.79 Å². The Balaban J connectivity index is 1.82. The molecule has 0 saturated heterocycles. The van der Waals surface area contributed by atoms with Gasteiger partial charge in [-0.05, 0) is 69.6 Å². The smallest absolute Gasteiger partial charge is 0.248 e. The van der Waals surface area contributed by atoms with Crippen LogP contribution in [0.2, 0.25) is 0 Å². The second-order valence-corrected chi connectivity index (χ2v) is 6.98. The van der Waals surface area contributed by atoms with Gasteiger partial charge >= 0.3 is 0 Å². The van der Waals surface area contributed by atoms with Gasteiger partial charge in [0.15, 0.2) is 0 Å². The first-order chi connectivity index (χ1) is 8.91. The second-order valence-electron chi connectivity index (χ2n) is 6.98. The summed E-state index contributed by atoms with van der Waals surface area (Å²) in [4.78, 5) is 13.8. The molecule has 2 aliphatic rings. The number of amides is 1. The van der Waals surface area contributed by atoms with Crippen LogP contribution in [0.25, 0.3) is 0 Å². The highest BCUT2D eigenvalue weighted by molar-refractivity contribution is 5.92. The van der Waals surface area contributed by atoms with Crippen LogP contribution in [0.3, 0.4) is 0 Å². The van der Waals surface area contributed by atoms with Crippen LogP contribution in [0.15, 0.2) is 12.2 Å². The number of hydrogen-bond acceptors (Lipinski definition) is 1. The van der Waals surface area contributed by atoms with Crippen molar-refractivity contribution in [2.45, 2.75) is 58.9 Å². The minimum Gasteiger partial charge on any atom is -0.339 e. The van der Waals surface area contributed by atoms with Gasteiger partial charge in [-0.15, -0.1) is 0 Å². The zero-order valence-electron chi connectivity index (χ0n) is 13.0. The van der Waals surface area contributed by atoms with Crippen LogP contribution in [0.1, 0.15) is 52.9 Å². The molecule has 1 amide bonds. The van der Waals surface area contributed by atoms with Gasteiger partial charge in [-0.25, -0.2) is 0 Å². The lowest BCUT2D eigenvalue weighted by Crippen LogP contribution is -2.36. The normalized spacial score (nSPS) is 34.3. The summed E-state index contributed by atoms with van der Waals surface area (Å²) in [5.41, 5.74) is 0.641. The minimum absolute atomic E-state index is 0.0912. The average molecular weight is 263 g/mol. The van der Waals surface area contributed by atoms with E-state index in [-0.39, 0.29) is 5.91 Å². The fraction of sp³-hybridized carbons (Fsp3) is 0.824. The maximum atomic E-state index is 11.9. The van der Waals surface area contributed by atoms with E-state index in [2.05, 4.69) is 20.4 Å². The van der Waals surface area contributed by atoms with Gasteiger partial charge in [0.25, 0.3) is 0 Å². The minimum atomic E-state index is 0.0912. The molecule has 2 bridgehead atoms. The van der Waals surface area contributed by atoms with Gasteiger partial charge < -0.3 is 4.90 Å². The van der Waals surface area contributed by atoms with E-state index in [1.807, 2.05) is 11.9 Å². The second kappa shape index (κ2) is 5.68. The van der Waals surface area contributed by atoms with Crippen molar-refractivity contribution in [1.82, 2.24) is 4.90 Å². The summed E-state index contributed by atoms with van der Waals surface area (Å²) >= 11 is 0. The van der Waals surface area contributed by atoms with E-state index in [0.717, 1.165) is 30.1 Å². The highest BCUT2D eigenvalue weighted by Crippen LogP contribution is 2.53. The van der Waals surface area contributed by atoms with Crippen LogP contribution < -0.4 is 0 Å². The molecule has 5 unspecified atom stereocenters.